The number of carbonyl (C=O) groups is 2. The third-order valence-electron chi connectivity index (χ3n) is 4.22. The van der Waals surface area contributed by atoms with Crippen LogP contribution in [0.25, 0.3) is 0 Å². The van der Waals surface area contributed by atoms with Gasteiger partial charge in [-0.25, -0.2) is 8.42 Å². The lowest BCUT2D eigenvalue weighted by molar-refractivity contribution is -0.140. The monoisotopic (exact) mass is 441 g/mol. The third-order valence-corrected chi connectivity index (χ3v) is 6.38. The van der Waals surface area contributed by atoms with Crippen LogP contribution in [0.1, 0.15) is 12.2 Å². The number of hydrogen-bond donors (Lipinski definition) is 2. The SMILES string of the molecule is O=C(NCc1ccco1)C(=O)NC[C@@H]1OCCCN1S(=O)(=O)c1ccc(Cl)cc1. The molecule has 1 aliphatic heterocycles. The smallest absolute Gasteiger partial charge is 0.309 e. The summed E-state index contributed by atoms with van der Waals surface area (Å²) in [6, 6.07) is 9.11. The Morgan fingerprint density at radius 1 is 1.14 bits per heavy atom. The second-order valence-electron chi connectivity index (χ2n) is 6.22. The minimum Gasteiger partial charge on any atom is -0.467 e. The van der Waals surface area contributed by atoms with Gasteiger partial charge in [0.2, 0.25) is 10.0 Å². The van der Waals surface area contributed by atoms with Crippen molar-refractivity contribution in [1.29, 1.82) is 0 Å². The summed E-state index contributed by atoms with van der Waals surface area (Å²) in [5, 5.41) is 5.25. The standard InChI is InChI=1S/C18H20ClN3O6S/c19-13-4-6-15(7-5-13)29(25,26)22-8-2-10-28-16(22)12-21-18(24)17(23)20-11-14-3-1-9-27-14/h1,3-7,9,16H,2,8,10-12H2,(H,20,23)(H,21,24)/t16-/m0/s1. The number of benzene rings is 1. The first-order valence-corrected chi connectivity index (χ1v) is 10.7. The number of nitrogens with one attached hydrogen (secondary N) is 2. The Kier molecular flexibility index (Phi) is 6.91. The molecule has 0 aliphatic carbocycles. The second kappa shape index (κ2) is 9.40. The Bertz CT molecular complexity index is 946. The molecule has 1 aromatic carbocycles. The molecule has 0 unspecified atom stereocenters. The average Bonchev–Trinajstić information content (AvgIpc) is 3.24. The van der Waals surface area contributed by atoms with Gasteiger partial charge in [-0.2, -0.15) is 4.31 Å². The topological polar surface area (TPSA) is 118 Å². The van der Waals surface area contributed by atoms with Crippen LogP contribution < -0.4 is 10.6 Å². The van der Waals surface area contributed by atoms with E-state index in [1.165, 1.54) is 34.8 Å². The van der Waals surface area contributed by atoms with Crippen molar-refractivity contribution in [1.82, 2.24) is 14.9 Å². The van der Waals surface area contributed by atoms with Gasteiger partial charge in [-0.3, -0.25) is 9.59 Å². The fraction of sp³-hybridized carbons (Fsp3) is 0.333. The first-order chi connectivity index (χ1) is 13.9. The Morgan fingerprint density at radius 3 is 2.55 bits per heavy atom. The van der Waals surface area contributed by atoms with Gasteiger partial charge in [0.05, 0.1) is 30.9 Å². The van der Waals surface area contributed by atoms with Crippen LogP contribution in [0.5, 0.6) is 0 Å². The molecule has 1 atom stereocenters. The molecule has 156 valence electrons. The van der Waals surface area contributed by atoms with E-state index in [1.54, 1.807) is 12.1 Å². The predicted octanol–water partition coefficient (Wildman–Crippen LogP) is 1.10. The molecule has 1 aromatic heterocycles. The van der Waals surface area contributed by atoms with Crippen LogP contribution in [0.3, 0.4) is 0 Å². The molecule has 0 saturated carbocycles. The molecule has 3 rings (SSSR count). The molecular formula is C18H20ClN3O6S. The fourth-order valence-corrected chi connectivity index (χ4v) is 4.46. The lowest BCUT2D eigenvalue weighted by Crippen LogP contribution is -2.53. The number of hydrogen-bond acceptors (Lipinski definition) is 6. The molecule has 0 radical (unpaired) electrons. The third kappa shape index (κ3) is 5.36. The normalized spacial score (nSPS) is 17.6. The minimum absolute atomic E-state index is 0.0657. The number of sulfonamides is 1. The summed E-state index contributed by atoms with van der Waals surface area (Å²) in [6.07, 6.45) is 1.05. The van der Waals surface area contributed by atoms with E-state index in [9.17, 15) is 18.0 Å². The number of nitrogens with zero attached hydrogens (tertiary/aromatic N) is 1. The average molecular weight is 442 g/mol. The van der Waals surface area contributed by atoms with E-state index in [0.29, 0.717) is 23.8 Å². The van der Waals surface area contributed by atoms with E-state index in [0.717, 1.165) is 0 Å². The second-order valence-corrected chi connectivity index (χ2v) is 8.55. The van der Waals surface area contributed by atoms with Gasteiger partial charge in [0.15, 0.2) is 0 Å². The molecule has 0 spiro atoms. The summed E-state index contributed by atoms with van der Waals surface area (Å²) in [5.41, 5.74) is 0. The van der Waals surface area contributed by atoms with E-state index in [1.807, 2.05) is 0 Å². The zero-order valence-electron chi connectivity index (χ0n) is 15.3. The number of rotatable bonds is 6. The molecule has 2 amide bonds. The fourth-order valence-electron chi connectivity index (χ4n) is 2.77. The van der Waals surface area contributed by atoms with Crippen LogP contribution in [-0.4, -0.2) is 50.5 Å². The highest BCUT2D eigenvalue weighted by Crippen LogP contribution is 2.23. The van der Waals surface area contributed by atoms with Gasteiger partial charge in [0.25, 0.3) is 0 Å². The maximum Gasteiger partial charge on any atom is 0.309 e. The number of furan rings is 1. The van der Waals surface area contributed by atoms with Crippen LogP contribution in [0.4, 0.5) is 0 Å². The molecule has 9 nitrogen and oxygen atoms in total. The summed E-state index contributed by atoms with van der Waals surface area (Å²) >= 11 is 5.82. The number of ether oxygens (including phenoxy) is 1. The summed E-state index contributed by atoms with van der Waals surface area (Å²) in [7, 11) is -3.85. The largest absolute Gasteiger partial charge is 0.467 e. The Balaban J connectivity index is 1.60. The maximum absolute atomic E-state index is 12.9. The highest BCUT2D eigenvalue weighted by molar-refractivity contribution is 7.89. The molecule has 1 saturated heterocycles. The van der Waals surface area contributed by atoms with Gasteiger partial charge in [0.1, 0.15) is 12.0 Å². The van der Waals surface area contributed by atoms with Crippen LogP contribution in [0.15, 0.2) is 52.0 Å². The Labute approximate surface area is 173 Å². The molecule has 2 heterocycles. The summed E-state index contributed by atoms with van der Waals surface area (Å²) in [6.45, 7) is 0.476. The van der Waals surface area contributed by atoms with Crippen molar-refractivity contribution in [3.63, 3.8) is 0 Å². The van der Waals surface area contributed by atoms with E-state index in [-0.39, 0.29) is 24.5 Å². The van der Waals surface area contributed by atoms with Crippen molar-refractivity contribution in [2.75, 3.05) is 19.7 Å². The number of carbonyl (C=O) groups excluding carboxylic acids is 2. The Morgan fingerprint density at radius 2 is 1.86 bits per heavy atom. The minimum atomic E-state index is -3.85. The first-order valence-electron chi connectivity index (χ1n) is 8.85. The molecule has 2 aromatic rings. The van der Waals surface area contributed by atoms with Gasteiger partial charge in [-0.1, -0.05) is 11.6 Å². The van der Waals surface area contributed by atoms with Gasteiger partial charge in [-0.05, 0) is 42.8 Å². The predicted molar refractivity (Wildman–Crippen MR) is 103 cm³/mol. The molecular weight excluding hydrogens is 422 g/mol. The lowest BCUT2D eigenvalue weighted by atomic mass is 10.3. The van der Waals surface area contributed by atoms with E-state index < -0.39 is 28.1 Å². The quantitative estimate of drug-likeness (QED) is 0.648. The van der Waals surface area contributed by atoms with Crippen LogP contribution in [-0.2, 0) is 30.9 Å². The van der Waals surface area contributed by atoms with E-state index in [4.69, 9.17) is 20.8 Å². The van der Waals surface area contributed by atoms with Gasteiger partial charge < -0.3 is 19.8 Å². The number of halogens is 1. The van der Waals surface area contributed by atoms with Crippen molar-refractivity contribution in [2.45, 2.75) is 24.1 Å². The molecule has 29 heavy (non-hydrogen) atoms. The van der Waals surface area contributed by atoms with Crippen molar-refractivity contribution in [3.05, 3.63) is 53.4 Å². The van der Waals surface area contributed by atoms with E-state index in [2.05, 4.69) is 10.6 Å². The molecule has 0 bridgehead atoms. The number of amides is 2. The van der Waals surface area contributed by atoms with Crippen LogP contribution in [0, 0.1) is 0 Å². The summed E-state index contributed by atoms with van der Waals surface area (Å²) < 4.78 is 37.6. The molecule has 1 aliphatic rings. The zero-order valence-corrected chi connectivity index (χ0v) is 16.9. The molecule has 11 heteroatoms. The van der Waals surface area contributed by atoms with Gasteiger partial charge in [-0.15, -0.1) is 0 Å². The van der Waals surface area contributed by atoms with Crippen LogP contribution in [0.2, 0.25) is 5.02 Å². The Hall–Kier alpha value is -2.40. The first kappa shape index (κ1) is 21.3. The van der Waals surface area contributed by atoms with Gasteiger partial charge >= 0.3 is 11.8 Å². The van der Waals surface area contributed by atoms with Crippen LogP contribution >= 0.6 is 11.6 Å². The van der Waals surface area contributed by atoms with Crippen molar-refractivity contribution in [3.8, 4) is 0 Å². The van der Waals surface area contributed by atoms with E-state index >= 15 is 0 Å². The molecule has 2 N–H and O–H groups in total. The summed E-state index contributed by atoms with van der Waals surface area (Å²) in [4.78, 5) is 24.0. The maximum atomic E-state index is 12.9. The highest BCUT2D eigenvalue weighted by atomic mass is 35.5. The van der Waals surface area contributed by atoms with Crippen molar-refractivity contribution in [2.24, 2.45) is 0 Å². The lowest BCUT2D eigenvalue weighted by Gasteiger charge is -2.34. The zero-order chi connectivity index (χ0) is 20.9. The highest BCUT2D eigenvalue weighted by Gasteiger charge is 2.34. The summed E-state index contributed by atoms with van der Waals surface area (Å²) in [5.74, 6) is -1.25. The molecule has 1 fully saturated rings. The van der Waals surface area contributed by atoms with Gasteiger partial charge in [0, 0.05) is 11.6 Å². The van der Waals surface area contributed by atoms with Crippen molar-refractivity contribution >= 4 is 33.4 Å². The van der Waals surface area contributed by atoms with Crippen molar-refractivity contribution < 1.29 is 27.2 Å².